The third-order valence-corrected chi connectivity index (χ3v) is 8.53. The molecule has 5 amide bonds. The summed E-state index contributed by atoms with van der Waals surface area (Å²) in [4.78, 5) is 54.8. The topological polar surface area (TPSA) is 108 Å². The normalized spacial score (nSPS) is 26.6. The van der Waals surface area contributed by atoms with Gasteiger partial charge < -0.3 is 20.3 Å². The standard InChI is InChI=1S/C28H29FN4O5/c1-16-3-10-22(17-4-6-18(29)7-5-17)33(16)23(34)14-32-24(35)28(38-26(32)37)15-27(11-12-27)21-13-19(8-9-20(21)28)31-25(36)30-2/h4-9,13,16,22H,3,10-12,14-15H2,1-2H3,(H2,30,31,36)/t16-,22-,28?/m0/s1. The van der Waals surface area contributed by atoms with Gasteiger partial charge in [0.05, 0.1) is 6.04 Å². The zero-order valence-electron chi connectivity index (χ0n) is 21.3. The molecule has 4 aliphatic rings. The Hall–Kier alpha value is -3.95. The van der Waals surface area contributed by atoms with Crippen LogP contribution in [0.25, 0.3) is 0 Å². The zero-order valence-corrected chi connectivity index (χ0v) is 21.3. The predicted molar refractivity (Wildman–Crippen MR) is 135 cm³/mol. The number of carbonyl (C=O) groups is 4. The van der Waals surface area contributed by atoms with Crippen LogP contribution in [-0.2, 0) is 25.3 Å². The number of nitrogens with one attached hydrogen (secondary N) is 2. The monoisotopic (exact) mass is 520 g/mol. The molecule has 1 unspecified atom stereocenters. The van der Waals surface area contributed by atoms with Gasteiger partial charge in [-0.25, -0.2) is 18.9 Å². The quantitative estimate of drug-likeness (QED) is 0.635. The molecular weight excluding hydrogens is 491 g/mol. The van der Waals surface area contributed by atoms with Crippen LogP contribution in [0.5, 0.6) is 0 Å². The van der Waals surface area contributed by atoms with Gasteiger partial charge in [0, 0.05) is 36.2 Å². The molecule has 2 spiro atoms. The number of imide groups is 1. The number of amides is 5. The summed E-state index contributed by atoms with van der Waals surface area (Å²) in [6.45, 7) is 1.52. The Labute approximate surface area is 219 Å². The summed E-state index contributed by atoms with van der Waals surface area (Å²) < 4.78 is 19.3. The number of rotatable bonds is 4. The minimum atomic E-state index is -1.47. The molecule has 3 fully saturated rings. The van der Waals surface area contributed by atoms with Gasteiger partial charge in [0.15, 0.2) is 0 Å². The van der Waals surface area contributed by atoms with E-state index in [2.05, 4.69) is 10.6 Å². The molecule has 10 heteroatoms. The number of halogens is 1. The van der Waals surface area contributed by atoms with E-state index in [1.807, 2.05) is 13.0 Å². The van der Waals surface area contributed by atoms with Crippen LogP contribution in [0.2, 0.25) is 0 Å². The fourth-order valence-corrected chi connectivity index (χ4v) is 6.47. The Balaban J connectivity index is 1.26. The Morgan fingerprint density at radius 3 is 2.50 bits per heavy atom. The summed E-state index contributed by atoms with van der Waals surface area (Å²) in [5.74, 6) is -1.23. The van der Waals surface area contributed by atoms with E-state index in [1.54, 1.807) is 29.2 Å². The van der Waals surface area contributed by atoms with Crippen molar-refractivity contribution < 1.29 is 28.3 Å². The van der Waals surface area contributed by atoms with E-state index < -0.39 is 24.1 Å². The van der Waals surface area contributed by atoms with Crippen molar-refractivity contribution in [3.05, 3.63) is 65.0 Å². The van der Waals surface area contributed by atoms with Crippen molar-refractivity contribution in [2.24, 2.45) is 0 Å². The number of nitrogens with zero attached hydrogens (tertiary/aromatic N) is 2. The van der Waals surface area contributed by atoms with Gasteiger partial charge in [-0.15, -0.1) is 0 Å². The highest BCUT2D eigenvalue weighted by atomic mass is 19.1. The third kappa shape index (κ3) is 3.65. The van der Waals surface area contributed by atoms with Crippen LogP contribution in [0.15, 0.2) is 42.5 Å². The summed E-state index contributed by atoms with van der Waals surface area (Å²) in [7, 11) is 1.53. The highest BCUT2D eigenvalue weighted by Gasteiger charge is 2.68. The van der Waals surface area contributed by atoms with Crippen molar-refractivity contribution in [3.63, 3.8) is 0 Å². The van der Waals surface area contributed by atoms with Crippen molar-refractivity contribution in [1.29, 1.82) is 0 Å². The molecule has 0 bridgehead atoms. The van der Waals surface area contributed by atoms with Crippen molar-refractivity contribution >= 4 is 29.6 Å². The number of ether oxygens (including phenoxy) is 1. The number of hydrogen-bond donors (Lipinski definition) is 2. The zero-order chi connectivity index (χ0) is 26.8. The van der Waals surface area contributed by atoms with Crippen LogP contribution in [0.1, 0.15) is 61.8 Å². The van der Waals surface area contributed by atoms with Crippen LogP contribution in [0, 0.1) is 5.82 Å². The molecule has 1 saturated carbocycles. The second kappa shape index (κ2) is 8.54. The number of benzene rings is 2. The maximum Gasteiger partial charge on any atom is 0.418 e. The summed E-state index contributed by atoms with van der Waals surface area (Å²) in [5, 5.41) is 5.26. The summed E-state index contributed by atoms with van der Waals surface area (Å²) in [5.41, 5.74) is 1.15. The van der Waals surface area contributed by atoms with Gasteiger partial charge in [0.25, 0.3) is 5.91 Å². The number of anilines is 1. The van der Waals surface area contributed by atoms with Crippen molar-refractivity contribution in [1.82, 2.24) is 15.1 Å². The van der Waals surface area contributed by atoms with Gasteiger partial charge in [-0.05, 0) is 68.0 Å². The van der Waals surface area contributed by atoms with E-state index >= 15 is 0 Å². The first-order chi connectivity index (χ1) is 18.2. The summed E-state index contributed by atoms with van der Waals surface area (Å²) in [6, 6.07) is 10.6. The number of carbonyl (C=O) groups excluding carboxylic acids is 4. The highest BCUT2D eigenvalue weighted by molar-refractivity contribution is 6.07. The highest BCUT2D eigenvalue weighted by Crippen LogP contribution is 2.64. The summed E-state index contributed by atoms with van der Waals surface area (Å²) in [6.07, 6.45) is 2.66. The Kier molecular flexibility index (Phi) is 5.48. The molecule has 2 aliphatic heterocycles. The Morgan fingerprint density at radius 2 is 1.82 bits per heavy atom. The molecule has 38 heavy (non-hydrogen) atoms. The third-order valence-electron chi connectivity index (χ3n) is 8.53. The Morgan fingerprint density at radius 1 is 1.08 bits per heavy atom. The van der Waals surface area contributed by atoms with Crippen LogP contribution in [0.4, 0.5) is 19.7 Å². The minimum Gasteiger partial charge on any atom is -0.427 e. The van der Waals surface area contributed by atoms with E-state index in [-0.39, 0.29) is 35.3 Å². The number of fused-ring (bicyclic) bond motifs is 3. The molecule has 2 aliphatic carbocycles. The van der Waals surface area contributed by atoms with Gasteiger partial charge in [-0.2, -0.15) is 0 Å². The molecule has 2 N–H and O–H groups in total. The molecular formula is C28H29FN4O5. The molecule has 0 radical (unpaired) electrons. The molecule has 2 saturated heterocycles. The summed E-state index contributed by atoms with van der Waals surface area (Å²) >= 11 is 0. The lowest BCUT2D eigenvalue weighted by molar-refractivity contribution is -0.143. The van der Waals surface area contributed by atoms with Gasteiger partial charge in [-0.3, -0.25) is 9.59 Å². The smallest absolute Gasteiger partial charge is 0.418 e. The molecule has 2 aromatic carbocycles. The van der Waals surface area contributed by atoms with Gasteiger partial charge >= 0.3 is 12.1 Å². The maximum atomic E-state index is 13.8. The first-order valence-electron chi connectivity index (χ1n) is 12.9. The largest absolute Gasteiger partial charge is 0.427 e. The lowest BCUT2D eigenvalue weighted by Gasteiger charge is -2.30. The number of likely N-dealkylation sites (tertiary alicyclic amines) is 1. The van der Waals surface area contributed by atoms with E-state index in [0.717, 1.165) is 35.3 Å². The second-order valence-corrected chi connectivity index (χ2v) is 10.8. The molecule has 2 aromatic rings. The molecule has 9 nitrogen and oxygen atoms in total. The minimum absolute atomic E-state index is 0.0894. The van der Waals surface area contributed by atoms with E-state index in [1.165, 1.54) is 19.2 Å². The molecule has 3 atom stereocenters. The van der Waals surface area contributed by atoms with Gasteiger partial charge in [0.1, 0.15) is 12.4 Å². The molecule has 6 rings (SSSR count). The number of urea groups is 1. The predicted octanol–water partition coefficient (Wildman–Crippen LogP) is 3.94. The first-order valence-corrected chi connectivity index (χ1v) is 12.9. The van der Waals surface area contributed by atoms with Crippen molar-refractivity contribution in [2.75, 3.05) is 18.9 Å². The fraction of sp³-hybridized carbons (Fsp3) is 0.429. The first kappa shape index (κ1) is 24.4. The lowest BCUT2D eigenvalue weighted by atomic mass is 9.94. The van der Waals surface area contributed by atoms with Crippen LogP contribution >= 0.6 is 0 Å². The number of hydrogen-bond acceptors (Lipinski definition) is 5. The van der Waals surface area contributed by atoms with Crippen molar-refractivity contribution in [2.45, 2.75) is 62.1 Å². The average Bonchev–Trinajstić information content (AvgIpc) is 3.41. The van der Waals surface area contributed by atoms with Gasteiger partial charge in [-0.1, -0.05) is 18.2 Å². The second-order valence-electron chi connectivity index (χ2n) is 10.8. The molecule has 0 aromatic heterocycles. The Bertz CT molecular complexity index is 1360. The van der Waals surface area contributed by atoms with E-state index in [0.29, 0.717) is 24.1 Å². The van der Waals surface area contributed by atoms with Crippen LogP contribution in [0.3, 0.4) is 0 Å². The molecule has 2 heterocycles. The average molecular weight is 521 g/mol. The van der Waals surface area contributed by atoms with Crippen LogP contribution < -0.4 is 10.6 Å². The maximum absolute atomic E-state index is 13.8. The SMILES string of the molecule is CNC(=O)Nc1ccc2c(c1)C1(CC1)CC21OC(=O)N(CC(=O)N2[C@@H](C)CC[C@H]2c2ccc(F)cc2)C1=O. The van der Waals surface area contributed by atoms with Crippen LogP contribution in [-0.4, -0.2) is 53.4 Å². The van der Waals surface area contributed by atoms with E-state index in [4.69, 9.17) is 4.74 Å². The van der Waals surface area contributed by atoms with E-state index in [9.17, 15) is 23.6 Å². The lowest BCUT2D eigenvalue weighted by Crippen LogP contribution is -2.46. The van der Waals surface area contributed by atoms with Crippen molar-refractivity contribution in [3.8, 4) is 0 Å². The fourth-order valence-electron chi connectivity index (χ4n) is 6.47. The molecule has 198 valence electrons. The van der Waals surface area contributed by atoms with Gasteiger partial charge in [0.2, 0.25) is 11.5 Å².